The summed E-state index contributed by atoms with van der Waals surface area (Å²) in [4.78, 5) is 34.2. The molecular weight excluding hydrogens is 381 g/mol. The molecule has 1 amide bonds. The standard InChI is InChI=1S/C19H14FN5O2S/c1-24-9-7-21-19(24)28-15-6-5-12(20)10-14(15)23-17(26)13-11-22-16-4-2-3-8-25(16)18(13)27/h2-11H,1H3,(H,23,26). The monoisotopic (exact) mass is 395 g/mol. The Hall–Kier alpha value is -3.46. The van der Waals surface area contributed by atoms with Crippen molar-refractivity contribution in [2.75, 3.05) is 5.32 Å². The highest BCUT2D eigenvalue weighted by Gasteiger charge is 2.16. The number of imidazole rings is 1. The quantitative estimate of drug-likeness (QED) is 0.575. The van der Waals surface area contributed by atoms with E-state index in [1.807, 2.05) is 7.05 Å². The van der Waals surface area contributed by atoms with Gasteiger partial charge in [0, 0.05) is 36.7 Å². The lowest BCUT2D eigenvalue weighted by atomic mass is 10.2. The Morgan fingerprint density at radius 3 is 2.82 bits per heavy atom. The minimum atomic E-state index is -0.664. The van der Waals surface area contributed by atoms with Crippen LogP contribution in [0, 0.1) is 5.82 Å². The van der Waals surface area contributed by atoms with Gasteiger partial charge in [0.2, 0.25) is 0 Å². The first-order valence-corrected chi connectivity index (χ1v) is 9.07. The summed E-state index contributed by atoms with van der Waals surface area (Å²) < 4.78 is 16.9. The molecule has 140 valence electrons. The largest absolute Gasteiger partial charge is 0.329 e. The van der Waals surface area contributed by atoms with Crippen LogP contribution in [0.1, 0.15) is 10.4 Å². The number of rotatable bonds is 4. The smallest absolute Gasteiger partial charge is 0.270 e. The second-order valence-electron chi connectivity index (χ2n) is 5.92. The Kier molecular flexibility index (Phi) is 4.66. The van der Waals surface area contributed by atoms with Crippen LogP contribution in [0.2, 0.25) is 0 Å². The molecule has 1 aromatic carbocycles. The Labute approximate surface area is 162 Å². The molecule has 4 aromatic rings. The van der Waals surface area contributed by atoms with Crippen molar-refractivity contribution in [2.45, 2.75) is 10.1 Å². The molecule has 0 aliphatic heterocycles. The van der Waals surface area contributed by atoms with Gasteiger partial charge in [-0.15, -0.1) is 0 Å². The summed E-state index contributed by atoms with van der Waals surface area (Å²) in [6, 6.07) is 9.14. The van der Waals surface area contributed by atoms with Crippen LogP contribution in [0.5, 0.6) is 0 Å². The van der Waals surface area contributed by atoms with Crippen molar-refractivity contribution in [3.63, 3.8) is 0 Å². The van der Waals surface area contributed by atoms with Crippen molar-refractivity contribution in [2.24, 2.45) is 7.05 Å². The van der Waals surface area contributed by atoms with Crippen molar-refractivity contribution < 1.29 is 9.18 Å². The van der Waals surface area contributed by atoms with Gasteiger partial charge in [0.15, 0.2) is 5.16 Å². The molecule has 28 heavy (non-hydrogen) atoms. The molecule has 4 rings (SSSR count). The second-order valence-corrected chi connectivity index (χ2v) is 6.93. The number of pyridine rings is 1. The average Bonchev–Trinajstić information content (AvgIpc) is 3.09. The SMILES string of the molecule is Cn1ccnc1Sc1ccc(F)cc1NC(=O)c1cnc2ccccn2c1=O. The van der Waals surface area contributed by atoms with Gasteiger partial charge >= 0.3 is 0 Å². The van der Waals surface area contributed by atoms with E-state index in [4.69, 9.17) is 0 Å². The lowest BCUT2D eigenvalue weighted by Gasteiger charge is -2.11. The molecule has 0 aliphatic rings. The molecule has 3 aromatic heterocycles. The molecule has 0 fully saturated rings. The highest BCUT2D eigenvalue weighted by atomic mass is 32.2. The number of carbonyl (C=O) groups excluding carboxylic acids is 1. The van der Waals surface area contributed by atoms with Crippen LogP contribution in [0.3, 0.4) is 0 Å². The fraction of sp³-hybridized carbons (Fsp3) is 0.0526. The van der Waals surface area contributed by atoms with E-state index >= 15 is 0 Å². The predicted octanol–water partition coefficient (Wildman–Crippen LogP) is 2.97. The topological polar surface area (TPSA) is 81.3 Å². The number of benzene rings is 1. The Morgan fingerprint density at radius 2 is 2.04 bits per heavy atom. The summed E-state index contributed by atoms with van der Waals surface area (Å²) in [6.07, 6.45) is 6.18. The molecule has 0 radical (unpaired) electrons. The lowest BCUT2D eigenvalue weighted by Crippen LogP contribution is -2.26. The van der Waals surface area contributed by atoms with Crippen LogP contribution in [0.25, 0.3) is 5.65 Å². The third-order valence-corrected chi connectivity index (χ3v) is 5.18. The van der Waals surface area contributed by atoms with E-state index in [1.54, 1.807) is 41.2 Å². The van der Waals surface area contributed by atoms with Crippen LogP contribution < -0.4 is 10.9 Å². The maximum absolute atomic E-state index is 13.8. The molecule has 0 bridgehead atoms. The van der Waals surface area contributed by atoms with E-state index < -0.39 is 17.3 Å². The lowest BCUT2D eigenvalue weighted by molar-refractivity contribution is 0.102. The van der Waals surface area contributed by atoms with Gasteiger partial charge in [-0.25, -0.2) is 14.4 Å². The summed E-state index contributed by atoms with van der Waals surface area (Å²) in [6.45, 7) is 0. The average molecular weight is 395 g/mol. The van der Waals surface area contributed by atoms with Gasteiger partial charge in [-0.1, -0.05) is 6.07 Å². The second kappa shape index (κ2) is 7.28. The van der Waals surface area contributed by atoms with Gasteiger partial charge in [-0.05, 0) is 42.1 Å². The number of hydrogen-bond acceptors (Lipinski definition) is 5. The fourth-order valence-corrected chi connectivity index (χ4v) is 3.48. The molecule has 0 unspecified atom stereocenters. The van der Waals surface area contributed by atoms with E-state index in [0.29, 0.717) is 15.7 Å². The van der Waals surface area contributed by atoms with Crippen LogP contribution >= 0.6 is 11.8 Å². The number of nitrogens with one attached hydrogen (secondary N) is 1. The Morgan fingerprint density at radius 1 is 1.18 bits per heavy atom. The maximum Gasteiger partial charge on any atom is 0.270 e. The van der Waals surface area contributed by atoms with E-state index in [-0.39, 0.29) is 11.3 Å². The molecular formula is C19H14FN5O2S. The number of fused-ring (bicyclic) bond motifs is 1. The predicted molar refractivity (Wildman–Crippen MR) is 103 cm³/mol. The number of carbonyl (C=O) groups is 1. The highest BCUT2D eigenvalue weighted by Crippen LogP contribution is 2.33. The molecule has 3 heterocycles. The van der Waals surface area contributed by atoms with Crippen molar-refractivity contribution in [3.05, 3.63) is 82.9 Å². The van der Waals surface area contributed by atoms with Gasteiger partial charge in [-0.2, -0.15) is 0 Å². The van der Waals surface area contributed by atoms with Crippen molar-refractivity contribution >= 4 is 29.0 Å². The summed E-state index contributed by atoms with van der Waals surface area (Å²) >= 11 is 1.27. The summed E-state index contributed by atoms with van der Waals surface area (Å²) in [5.74, 6) is -1.17. The maximum atomic E-state index is 13.8. The van der Waals surface area contributed by atoms with Crippen molar-refractivity contribution in [1.29, 1.82) is 0 Å². The number of halogens is 1. The number of aromatic nitrogens is 4. The zero-order chi connectivity index (χ0) is 19.7. The highest BCUT2D eigenvalue weighted by molar-refractivity contribution is 7.99. The molecule has 0 aliphatic carbocycles. The zero-order valence-electron chi connectivity index (χ0n) is 14.7. The first kappa shape index (κ1) is 17.9. The number of amides is 1. The van der Waals surface area contributed by atoms with Gasteiger partial charge in [-0.3, -0.25) is 14.0 Å². The summed E-state index contributed by atoms with van der Waals surface area (Å²) in [7, 11) is 1.83. The Balaban J connectivity index is 1.68. The van der Waals surface area contributed by atoms with E-state index in [0.717, 1.165) is 0 Å². The molecule has 9 heteroatoms. The minimum Gasteiger partial charge on any atom is -0.329 e. The van der Waals surface area contributed by atoms with Crippen LogP contribution in [0.15, 0.2) is 76.0 Å². The number of anilines is 1. The molecule has 7 nitrogen and oxygen atoms in total. The Bertz CT molecular complexity index is 1250. The third-order valence-electron chi connectivity index (χ3n) is 4.03. The molecule has 0 atom stereocenters. The van der Waals surface area contributed by atoms with Gasteiger partial charge in [0.25, 0.3) is 11.5 Å². The molecule has 0 saturated heterocycles. The molecule has 0 saturated carbocycles. The summed E-state index contributed by atoms with van der Waals surface area (Å²) in [5.41, 5.74) is 0.0371. The fourth-order valence-electron chi connectivity index (χ4n) is 2.61. The van der Waals surface area contributed by atoms with Crippen LogP contribution in [-0.4, -0.2) is 24.8 Å². The normalized spacial score (nSPS) is 10.9. The molecule has 0 spiro atoms. The first-order valence-electron chi connectivity index (χ1n) is 8.25. The van der Waals surface area contributed by atoms with Gasteiger partial charge < -0.3 is 9.88 Å². The van der Waals surface area contributed by atoms with Crippen LogP contribution in [0.4, 0.5) is 10.1 Å². The number of hydrogen-bond donors (Lipinski definition) is 1. The van der Waals surface area contributed by atoms with E-state index in [1.165, 1.54) is 40.7 Å². The van der Waals surface area contributed by atoms with E-state index in [2.05, 4.69) is 15.3 Å². The van der Waals surface area contributed by atoms with Crippen molar-refractivity contribution in [1.82, 2.24) is 18.9 Å². The van der Waals surface area contributed by atoms with Gasteiger partial charge in [0.05, 0.1) is 5.69 Å². The van der Waals surface area contributed by atoms with Crippen molar-refractivity contribution in [3.8, 4) is 0 Å². The summed E-state index contributed by atoms with van der Waals surface area (Å²) in [5, 5.41) is 3.29. The first-order chi connectivity index (χ1) is 13.5. The molecule has 1 N–H and O–H groups in total. The number of nitrogens with zero attached hydrogens (tertiary/aromatic N) is 4. The minimum absolute atomic E-state index is 0.138. The van der Waals surface area contributed by atoms with Crippen LogP contribution in [-0.2, 0) is 7.05 Å². The third kappa shape index (κ3) is 3.39. The van der Waals surface area contributed by atoms with E-state index in [9.17, 15) is 14.0 Å². The number of aryl methyl sites for hydroxylation is 1. The van der Waals surface area contributed by atoms with Gasteiger partial charge in [0.1, 0.15) is 17.0 Å². The zero-order valence-corrected chi connectivity index (χ0v) is 15.5.